The molecule has 0 aliphatic rings. The maximum atomic E-state index is 11.9. The molecule has 1 amide bonds. The van der Waals surface area contributed by atoms with Gasteiger partial charge < -0.3 is 16.0 Å². The van der Waals surface area contributed by atoms with Crippen LogP contribution in [0.3, 0.4) is 0 Å². The fourth-order valence-electron chi connectivity index (χ4n) is 1.79. The molecule has 0 spiro atoms. The second-order valence-corrected chi connectivity index (χ2v) is 5.16. The number of nitrogens with one attached hydrogen (secondary N) is 2. The lowest BCUT2D eigenvalue weighted by Crippen LogP contribution is -2.43. The SMILES string of the molecule is CC(C)[C@H](CNC(=O)c1[nH]nc(N)c1Cl)N(C)C. The molecule has 0 fully saturated rings. The van der Waals surface area contributed by atoms with Gasteiger partial charge in [0.1, 0.15) is 10.7 Å². The van der Waals surface area contributed by atoms with E-state index in [0.717, 1.165) is 0 Å². The Bertz CT molecular complexity index is 408. The topological polar surface area (TPSA) is 87.0 Å². The van der Waals surface area contributed by atoms with Crippen LogP contribution in [-0.4, -0.2) is 47.7 Å². The smallest absolute Gasteiger partial charge is 0.270 e. The summed E-state index contributed by atoms with van der Waals surface area (Å²) in [4.78, 5) is 14.0. The minimum atomic E-state index is -0.295. The summed E-state index contributed by atoms with van der Waals surface area (Å²) in [6.07, 6.45) is 0. The number of aromatic nitrogens is 2. The molecule has 0 unspecified atom stereocenters. The van der Waals surface area contributed by atoms with E-state index >= 15 is 0 Å². The molecule has 1 aromatic heterocycles. The third kappa shape index (κ3) is 3.36. The minimum absolute atomic E-state index is 0.134. The van der Waals surface area contributed by atoms with Crippen LogP contribution < -0.4 is 11.1 Å². The van der Waals surface area contributed by atoms with Crippen molar-refractivity contribution in [3.63, 3.8) is 0 Å². The second kappa shape index (κ2) is 6.06. The zero-order chi connectivity index (χ0) is 13.9. The van der Waals surface area contributed by atoms with E-state index in [-0.39, 0.29) is 28.5 Å². The first-order valence-corrected chi connectivity index (χ1v) is 6.16. The van der Waals surface area contributed by atoms with Crippen LogP contribution in [0.4, 0.5) is 5.82 Å². The molecule has 0 aliphatic heterocycles. The number of rotatable bonds is 5. The Balaban J connectivity index is 2.63. The van der Waals surface area contributed by atoms with Crippen LogP contribution in [-0.2, 0) is 0 Å². The van der Waals surface area contributed by atoms with Gasteiger partial charge in [0.2, 0.25) is 0 Å². The Morgan fingerprint density at radius 2 is 2.17 bits per heavy atom. The number of carbonyl (C=O) groups excluding carboxylic acids is 1. The number of hydrogen-bond donors (Lipinski definition) is 3. The Kier molecular flexibility index (Phi) is 4.98. The number of aromatic amines is 1. The number of carbonyl (C=O) groups is 1. The van der Waals surface area contributed by atoms with Crippen LogP contribution in [0.25, 0.3) is 0 Å². The van der Waals surface area contributed by atoms with Gasteiger partial charge in [0.25, 0.3) is 5.91 Å². The van der Waals surface area contributed by atoms with Gasteiger partial charge in [-0.05, 0) is 20.0 Å². The van der Waals surface area contributed by atoms with Gasteiger partial charge in [-0.3, -0.25) is 9.89 Å². The highest BCUT2D eigenvalue weighted by atomic mass is 35.5. The van der Waals surface area contributed by atoms with Crippen molar-refractivity contribution in [2.24, 2.45) is 5.92 Å². The van der Waals surface area contributed by atoms with E-state index in [1.807, 2.05) is 14.1 Å². The molecule has 0 aliphatic carbocycles. The molecular formula is C11H20ClN5O. The number of anilines is 1. The molecule has 0 bridgehead atoms. The summed E-state index contributed by atoms with van der Waals surface area (Å²) in [5, 5.41) is 9.20. The Labute approximate surface area is 112 Å². The molecule has 1 rings (SSSR count). The molecular weight excluding hydrogens is 254 g/mol. The van der Waals surface area contributed by atoms with Crippen LogP contribution in [0, 0.1) is 5.92 Å². The lowest BCUT2D eigenvalue weighted by molar-refractivity contribution is 0.0930. The van der Waals surface area contributed by atoms with Gasteiger partial charge in [0, 0.05) is 12.6 Å². The number of hydrogen-bond acceptors (Lipinski definition) is 4. The highest BCUT2D eigenvalue weighted by Crippen LogP contribution is 2.19. The summed E-state index contributed by atoms with van der Waals surface area (Å²) in [5.41, 5.74) is 5.67. The summed E-state index contributed by atoms with van der Waals surface area (Å²) >= 11 is 5.85. The van der Waals surface area contributed by atoms with E-state index in [0.29, 0.717) is 12.5 Å². The lowest BCUT2D eigenvalue weighted by atomic mass is 10.0. The van der Waals surface area contributed by atoms with E-state index in [4.69, 9.17) is 17.3 Å². The third-order valence-electron chi connectivity index (χ3n) is 2.86. The largest absolute Gasteiger partial charge is 0.381 e. The Morgan fingerprint density at radius 3 is 2.56 bits per heavy atom. The number of amides is 1. The maximum absolute atomic E-state index is 11.9. The number of nitrogens with two attached hydrogens (primary N) is 1. The lowest BCUT2D eigenvalue weighted by Gasteiger charge is -2.27. The van der Waals surface area contributed by atoms with Gasteiger partial charge in [0.15, 0.2) is 5.82 Å². The van der Waals surface area contributed by atoms with Gasteiger partial charge >= 0.3 is 0 Å². The summed E-state index contributed by atoms with van der Waals surface area (Å²) in [6.45, 7) is 4.76. The molecule has 0 saturated heterocycles. The van der Waals surface area contributed by atoms with Crippen molar-refractivity contribution in [3.8, 4) is 0 Å². The summed E-state index contributed by atoms with van der Waals surface area (Å²) in [5.74, 6) is 0.272. The number of nitrogens with zero attached hydrogens (tertiary/aromatic N) is 2. The molecule has 1 heterocycles. The first-order chi connectivity index (χ1) is 8.34. The fourth-order valence-corrected chi connectivity index (χ4v) is 1.96. The van der Waals surface area contributed by atoms with Gasteiger partial charge in [-0.1, -0.05) is 25.4 Å². The normalized spacial score (nSPS) is 13.1. The number of halogens is 1. The number of H-pyrrole nitrogens is 1. The van der Waals surface area contributed by atoms with Crippen molar-refractivity contribution in [3.05, 3.63) is 10.7 Å². The fraction of sp³-hybridized carbons (Fsp3) is 0.636. The van der Waals surface area contributed by atoms with Gasteiger partial charge in [0.05, 0.1) is 0 Å². The van der Waals surface area contributed by atoms with Crippen molar-refractivity contribution in [2.75, 3.05) is 26.4 Å². The molecule has 102 valence electrons. The predicted octanol–water partition coefficient (Wildman–Crippen LogP) is 0.961. The molecule has 6 nitrogen and oxygen atoms in total. The Hall–Kier alpha value is -1.27. The van der Waals surface area contributed by atoms with Crippen molar-refractivity contribution < 1.29 is 4.79 Å². The molecule has 18 heavy (non-hydrogen) atoms. The Morgan fingerprint density at radius 1 is 1.56 bits per heavy atom. The summed E-state index contributed by atoms with van der Waals surface area (Å²) in [7, 11) is 3.97. The summed E-state index contributed by atoms with van der Waals surface area (Å²) in [6, 6.07) is 0.257. The van der Waals surface area contributed by atoms with Crippen LogP contribution in [0.1, 0.15) is 24.3 Å². The second-order valence-electron chi connectivity index (χ2n) is 4.78. The van der Waals surface area contributed by atoms with E-state index in [9.17, 15) is 4.79 Å². The van der Waals surface area contributed by atoms with Crippen molar-refractivity contribution >= 4 is 23.3 Å². The van der Waals surface area contributed by atoms with E-state index in [2.05, 4.69) is 34.3 Å². The number of nitrogen functional groups attached to an aromatic ring is 1. The molecule has 0 radical (unpaired) electrons. The average Bonchev–Trinajstić information content (AvgIpc) is 2.58. The molecule has 4 N–H and O–H groups in total. The van der Waals surface area contributed by atoms with Gasteiger partial charge in [-0.2, -0.15) is 5.10 Å². The zero-order valence-corrected chi connectivity index (χ0v) is 11.9. The van der Waals surface area contributed by atoms with Crippen molar-refractivity contribution in [1.29, 1.82) is 0 Å². The third-order valence-corrected chi connectivity index (χ3v) is 3.25. The van der Waals surface area contributed by atoms with Gasteiger partial charge in [-0.25, -0.2) is 0 Å². The predicted molar refractivity (Wildman–Crippen MR) is 72.7 cm³/mol. The molecule has 1 atom stereocenters. The zero-order valence-electron chi connectivity index (χ0n) is 11.1. The van der Waals surface area contributed by atoms with Crippen LogP contribution in [0.5, 0.6) is 0 Å². The van der Waals surface area contributed by atoms with Crippen LogP contribution in [0.15, 0.2) is 0 Å². The van der Waals surface area contributed by atoms with E-state index in [1.165, 1.54) is 0 Å². The molecule has 0 saturated carbocycles. The number of likely N-dealkylation sites (N-methyl/N-ethyl adjacent to an activating group) is 1. The standard InChI is InChI=1S/C11H20ClN5O/c1-6(2)7(17(3)4)5-14-11(18)9-8(12)10(13)16-15-9/h6-7H,5H2,1-4H3,(H,14,18)(H3,13,15,16)/t7-/m0/s1. The minimum Gasteiger partial charge on any atom is -0.381 e. The van der Waals surface area contributed by atoms with E-state index < -0.39 is 0 Å². The van der Waals surface area contributed by atoms with Crippen LogP contribution >= 0.6 is 11.6 Å². The molecule has 0 aromatic carbocycles. The van der Waals surface area contributed by atoms with Crippen molar-refractivity contribution in [1.82, 2.24) is 20.4 Å². The first kappa shape index (κ1) is 14.8. The summed E-state index contributed by atoms with van der Waals surface area (Å²) < 4.78 is 0. The molecule has 7 heteroatoms. The molecule has 1 aromatic rings. The quantitative estimate of drug-likeness (QED) is 0.746. The van der Waals surface area contributed by atoms with Crippen molar-refractivity contribution in [2.45, 2.75) is 19.9 Å². The average molecular weight is 274 g/mol. The monoisotopic (exact) mass is 273 g/mol. The highest BCUT2D eigenvalue weighted by Gasteiger charge is 2.20. The highest BCUT2D eigenvalue weighted by molar-refractivity contribution is 6.35. The van der Waals surface area contributed by atoms with E-state index in [1.54, 1.807) is 0 Å². The van der Waals surface area contributed by atoms with Crippen LogP contribution in [0.2, 0.25) is 5.02 Å². The first-order valence-electron chi connectivity index (χ1n) is 5.78. The maximum Gasteiger partial charge on any atom is 0.270 e. The van der Waals surface area contributed by atoms with Gasteiger partial charge in [-0.15, -0.1) is 0 Å².